The molecule has 5 rings (SSSR count). The fraction of sp³-hybridized carbons (Fsp3) is 0.615. The van der Waals surface area contributed by atoms with Crippen LogP contribution < -0.4 is 15.5 Å². The highest BCUT2D eigenvalue weighted by Crippen LogP contribution is 2.36. The third-order valence-corrected chi connectivity index (χ3v) is 8.03. The van der Waals surface area contributed by atoms with Crippen LogP contribution in [0.25, 0.3) is 0 Å². The Kier molecular flexibility index (Phi) is 8.85. The topological polar surface area (TPSA) is 95.5 Å². The van der Waals surface area contributed by atoms with Crippen molar-refractivity contribution >= 4 is 23.3 Å². The van der Waals surface area contributed by atoms with E-state index in [-0.39, 0.29) is 17.8 Å². The molecule has 39 heavy (non-hydrogen) atoms. The minimum atomic E-state index is -4.62. The van der Waals surface area contributed by atoms with Gasteiger partial charge in [-0.25, -0.2) is 15.0 Å². The van der Waals surface area contributed by atoms with Crippen molar-refractivity contribution in [2.24, 2.45) is 0 Å². The molecule has 13 heteroatoms. The molecule has 1 amide bonds. The molecule has 3 atom stereocenters. The molecule has 2 saturated heterocycles. The molecule has 3 unspecified atom stereocenters. The second-order valence-electron chi connectivity index (χ2n) is 10.1. The lowest BCUT2D eigenvalue weighted by molar-refractivity contribution is -0.145. The van der Waals surface area contributed by atoms with Crippen LogP contribution in [0, 0.1) is 0 Å². The number of alkyl halides is 4. The third kappa shape index (κ3) is 6.62. The zero-order valence-corrected chi connectivity index (χ0v) is 22.3. The molecule has 0 radical (unpaired) electrons. The lowest BCUT2D eigenvalue weighted by Gasteiger charge is -2.35. The fourth-order valence-corrected chi connectivity index (χ4v) is 5.85. The average Bonchev–Trinajstić information content (AvgIpc) is 3.23. The van der Waals surface area contributed by atoms with Crippen LogP contribution in [0.15, 0.2) is 24.5 Å². The van der Waals surface area contributed by atoms with Crippen molar-refractivity contribution in [3.8, 4) is 0 Å². The molecular weight excluding hydrogens is 535 g/mol. The number of nitrogens with zero attached hydrogens (tertiary/aromatic N) is 5. The highest BCUT2D eigenvalue weighted by atomic mass is 35.5. The van der Waals surface area contributed by atoms with Gasteiger partial charge in [-0.1, -0.05) is 6.07 Å². The van der Waals surface area contributed by atoms with Gasteiger partial charge in [-0.3, -0.25) is 9.69 Å². The van der Waals surface area contributed by atoms with Crippen LogP contribution in [0.2, 0.25) is 0 Å². The maximum absolute atomic E-state index is 13.5. The van der Waals surface area contributed by atoms with E-state index < -0.39 is 24.0 Å². The average molecular weight is 568 g/mol. The van der Waals surface area contributed by atoms with Gasteiger partial charge in [0.1, 0.15) is 5.82 Å². The van der Waals surface area contributed by atoms with Gasteiger partial charge in [-0.05, 0) is 37.4 Å². The highest BCUT2D eigenvalue weighted by Gasteiger charge is 2.37. The smallest absolute Gasteiger partial charge is 0.379 e. The number of hydrogen-bond donors (Lipinski definition) is 2. The van der Waals surface area contributed by atoms with Crippen LogP contribution in [0.4, 0.5) is 19.0 Å². The zero-order chi connectivity index (χ0) is 27.4. The number of morpholine rings is 1. The number of ether oxygens (including phenoxy) is 1. The van der Waals surface area contributed by atoms with E-state index in [0.29, 0.717) is 44.7 Å². The molecular formula is C26H33ClF3N7O2. The molecule has 2 N–H and O–H groups in total. The summed E-state index contributed by atoms with van der Waals surface area (Å²) in [6.07, 6.45) is 0.125. The van der Waals surface area contributed by atoms with Crippen LogP contribution in [-0.4, -0.2) is 90.2 Å². The Hall–Kier alpha value is -2.54. The first-order chi connectivity index (χ1) is 18.8. The Morgan fingerprint density at radius 1 is 1.15 bits per heavy atom. The molecule has 2 aromatic rings. The number of anilines is 1. The maximum Gasteiger partial charge on any atom is 0.451 e. The lowest BCUT2D eigenvalue weighted by Crippen LogP contribution is -2.45. The van der Waals surface area contributed by atoms with Crippen molar-refractivity contribution in [2.75, 3.05) is 63.9 Å². The van der Waals surface area contributed by atoms with Crippen molar-refractivity contribution in [2.45, 2.75) is 42.8 Å². The molecule has 3 aliphatic rings. The monoisotopic (exact) mass is 567 g/mol. The van der Waals surface area contributed by atoms with Crippen molar-refractivity contribution in [1.82, 2.24) is 30.5 Å². The van der Waals surface area contributed by atoms with Crippen molar-refractivity contribution < 1.29 is 22.7 Å². The summed E-state index contributed by atoms with van der Waals surface area (Å²) in [5.74, 6) is -1.07. The Balaban J connectivity index is 1.32. The van der Waals surface area contributed by atoms with Gasteiger partial charge >= 0.3 is 6.18 Å². The number of amides is 1. The lowest BCUT2D eigenvalue weighted by atomic mass is 9.84. The molecule has 2 aliphatic heterocycles. The maximum atomic E-state index is 13.5. The van der Waals surface area contributed by atoms with Gasteiger partial charge in [0.05, 0.1) is 25.2 Å². The zero-order valence-electron chi connectivity index (χ0n) is 21.6. The van der Waals surface area contributed by atoms with Gasteiger partial charge in [0.25, 0.3) is 0 Å². The van der Waals surface area contributed by atoms with Crippen LogP contribution in [0.3, 0.4) is 0 Å². The second-order valence-corrected chi connectivity index (χ2v) is 10.6. The number of aryl methyl sites for hydroxylation is 1. The predicted octanol–water partition coefficient (Wildman–Crippen LogP) is 2.52. The number of nitrogens with one attached hydrogen (secondary N) is 2. The summed E-state index contributed by atoms with van der Waals surface area (Å²) in [7, 11) is 0. The largest absolute Gasteiger partial charge is 0.451 e. The molecule has 2 aromatic heterocycles. The molecule has 4 heterocycles. The van der Waals surface area contributed by atoms with Crippen molar-refractivity contribution in [3.63, 3.8) is 0 Å². The quantitative estimate of drug-likeness (QED) is 0.514. The number of hydrogen-bond acceptors (Lipinski definition) is 8. The van der Waals surface area contributed by atoms with E-state index in [4.69, 9.17) is 21.3 Å². The highest BCUT2D eigenvalue weighted by molar-refractivity contribution is 6.23. The van der Waals surface area contributed by atoms with Crippen molar-refractivity contribution in [3.05, 3.63) is 47.2 Å². The van der Waals surface area contributed by atoms with Gasteiger partial charge in [-0.15, -0.1) is 11.6 Å². The number of aromatic nitrogens is 3. The van der Waals surface area contributed by atoms with Crippen LogP contribution >= 0.6 is 11.6 Å². The molecule has 0 saturated carbocycles. The number of halogens is 4. The van der Waals surface area contributed by atoms with Crippen LogP contribution in [-0.2, 0) is 22.1 Å². The molecule has 0 spiro atoms. The second kappa shape index (κ2) is 12.3. The Labute approximate surface area is 230 Å². The normalized spacial score (nSPS) is 23.5. The van der Waals surface area contributed by atoms with Gasteiger partial charge < -0.3 is 20.3 Å². The predicted molar refractivity (Wildman–Crippen MR) is 140 cm³/mol. The molecule has 0 bridgehead atoms. The number of carbonyl (C=O) groups is 1. The van der Waals surface area contributed by atoms with Gasteiger partial charge in [0.15, 0.2) is 0 Å². The number of fused-ring (bicyclic) bond motifs is 1. The minimum Gasteiger partial charge on any atom is -0.379 e. The summed E-state index contributed by atoms with van der Waals surface area (Å²) in [6, 6.07) is 3.53. The molecule has 212 valence electrons. The Morgan fingerprint density at radius 2 is 1.92 bits per heavy atom. The summed E-state index contributed by atoms with van der Waals surface area (Å²) in [4.78, 5) is 29.9. The number of pyridine rings is 1. The van der Waals surface area contributed by atoms with Gasteiger partial charge in [0, 0.05) is 68.3 Å². The van der Waals surface area contributed by atoms with E-state index in [2.05, 4.69) is 30.4 Å². The van der Waals surface area contributed by atoms with Gasteiger partial charge in [-0.2, -0.15) is 13.2 Å². The summed E-state index contributed by atoms with van der Waals surface area (Å²) in [5, 5.41) is 6.03. The number of rotatable bonds is 6. The van der Waals surface area contributed by atoms with Crippen LogP contribution in [0.5, 0.6) is 0 Å². The van der Waals surface area contributed by atoms with E-state index >= 15 is 0 Å². The number of carbonyl (C=O) groups excluding carboxylic acids is 1. The standard InChI is InChI=1S/C26H33ClF3N7O2/c27-19-3-4-20-18(2-5-22(35-20)37-8-1-6-31-7-9-37)23(19)24(38)32-16-21(36-10-12-39-13-11-36)17-14-33-25(34-15-17)26(28,29)30/h2,5,14-15,19,21,23,31H,1,3-4,6-13,16H2,(H,32,38). The SMILES string of the molecule is O=C(NCC(c1cnc(C(F)(F)F)nc1)N1CCOCC1)C1c2ccc(N3CCCNCC3)nc2CCC1Cl. The summed E-state index contributed by atoms with van der Waals surface area (Å²) >= 11 is 6.70. The molecule has 1 aliphatic carbocycles. The van der Waals surface area contributed by atoms with E-state index in [9.17, 15) is 18.0 Å². The summed E-state index contributed by atoms with van der Waals surface area (Å²) in [6.45, 7) is 6.01. The van der Waals surface area contributed by atoms with E-state index in [0.717, 1.165) is 49.7 Å². The molecule has 2 fully saturated rings. The molecule has 0 aromatic carbocycles. The van der Waals surface area contributed by atoms with Crippen LogP contribution in [0.1, 0.15) is 47.4 Å². The first kappa shape index (κ1) is 28.0. The van der Waals surface area contributed by atoms with E-state index in [1.165, 1.54) is 12.4 Å². The summed E-state index contributed by atoms with van der Waals surface area (Å²) in [5.41, 5.74) is 2.22. The first-order valence-electron chi connectivity index (χ1n) is 13.4. The van der Waals surface area contributed by atoms with E-state index in [1.807, 2.05) is 12.1 Å². The Morgan fingerprint density at radius 3 is 2.67 bits per heavy atom. The Bertz CT molecular complexity index is 1120. The van der Waals surface area contributed by atoms with E-state index in [1.54, 1.807) is 0 Å². The summed E-state index contributed by atoms with van der Waals surface area (Å²) < 4.78 is 44.5. The van der Waals surface area contributed by atoms with Gasteiger partial charge in [0.2, 0.25) is 11.7 Å². The third-order valence-electron chi connectivity index (χ3n) is 7.56. The van der Waals surface area contributed by atoms with Crippen molar-refractivity contribution in [1.29, 1.82) is 0 Å². The molecule has 9 nitrogen and oxygen atoms in total. The minimum absolute atomic E-state index is 0.176. The fourth-order valence-electron chi connectivity index (χ4n) is 5.49. The first-order valence-corrected chi connectivity index (χ1v) is 13.8.